The van der Waals surface area contributed by atoms with Crippen LogP contribution < -0.4 is 5.32 Å². The van der Waals surface area contributed by atoms with Gasteiger partial charge in [0.2, 0.25) is 5.91 Å². The van der Waals surface area contributed by atoms with Crippen molar-refractivity contribution in [3.63, 3.8) is 0 Å². The number of amides is 1. The molecule has 1 aliphatic rings. The van der Waals surface area contributed by atoms with Crippen LogP contribution in [-0.4, -0.2) is 42.7 Å². The van der Waals surface area contributed by atoms with Gasteiger partial charge in [-0.2, -0.15) is 0 Å². The summed E-state index contributed by atoms with van der Waals surface area (Å²) in [5.41, 5.74) is 0. The third-order valence-electron chi connectivity index (χ3n) is 2.95. The average Bonchev–Trinajstić information content (AvgIpc) is 2.43. The van der Waals surface area contributed by atoms with Crippen LogP contribution in [0.1, 0.15) is 6.42 Å². The van der Waals surface area contributed by atoms with Crippen LogP contribution in [0.25, 0.3) is 0 Å². The van der Waals surface area contributed by atoms with E-state index in [4.69, 9.17) is 0 Å². The SMILES string of the molecule is O=C(CCSc1ccc(F)c(F)c1)N1CCNCC1. The van der Waals surface area contributed by atoms with E-state index in [9.17, 15) is 13.6 Å². The van der Waals surface area contributed by atoms with E-state index in [2.05, 4.69) is 5.32 Å². The van der Waals surface area contributed by atoms with Crippen LogP contribution in [0.3, 0.4) is 0 Å². The molecular weight excluding hydrogens is 270 g/mol. The van der Waals surface area contributed by atoms with Crippen molar-refractivity contribution in [1.29, 1.82) is 0 Å². The summed E-state index contributed by atoms with van der Waals surface area (Å²) in [6.07, 6.45) is 0.420. The number of hydrogen-bond acceptors (Lipinski definition) is 3. The number of hydrogen-bond donors (Lipinski definition) is 1. The van der Waals surface area contributed by atoms with Crippen molar-refractivity contribution < 1.29 is 13.6 Å². The van der Waals surface area contributed by atoms with Crippen LogP contribution in [-0.2, 0) is 4.79 Å². The van der Waals surface area contributed by atoms with Crippen molar-refractivity contribution in [2.24, 2.45) is 0 Å². The predicted octanol–water partition coefficient (Wildman–Crippen LogP) is 1.88. The average molecular weight is 286 g/mol. The van der Waals surface area contributed by atoms with Gasteiger partial charge in [0.05, 0.1) is 0 Å². The molecule has 2 rings (SSSR count). The Hall–Kier alpha value is -1.14. The number of nitrogens with one attached hydrogen (secondary N) is 1. The molecule has 0 atom stereocenters. The van der Waals surface area contributed by atoms with Gasteiger partial charge >= 0.3 is 0 Å². The Bertz CT molecular complexity index is 450. The number of benzene rings is 1. The van der Waals surface area contributed by atoms with Gasteiger partial charge in [0, 0.05) is 43.2 Å². The van der Waals surface area contributed by atoms with Gasteiger partial charge in [-0.25, -0.2) is 8.78 Å². The molecule has 1 heterocycles. The van der Waals surface area contributed by atoms with E-state index in [1.165, 1.54) is 17.8 Å². The van der Waals surface area contributed by atoms with Gasteiger partial charge in [-0.3, -0.25) is 4.79 Å². The Morgan fingerprint density at radius 1 is 1.26 bits per heavy atom. The zero-order valence-corrected chi connectivity index (χ0v) is 11.3. The summed E-state index contributed by atoms with van der Waals surface area (Å²) in [5.74, 6) is -0.996. The van der Waals surface area contributed by atoms with E-state index in [-0.39, 0.29) is 5.91 Å². The van der Waals surface area contributed by atoms with Gasteiger partial charge in [-0.1, -0.05) is 0 Å². The Morgan fingerprint density at radius 2 is 2.00 bits per heavy atom. The van der Waals surface area contributed by atoms with Crippen molar-refractivity contribution in [3.05, 3.63) is 29.8 Å². The summed E-state index contributed by atoms with van der Waals surface area (Å²) in [4.78, 5) is 14.3. The summed E-state index contributed by atoms with van der Waals surface area (Å²) in [7, 11) is 0. The standard InChI is InChI=1S/C13H16F2N2OS/c14-11-2-1-10(9-12(11)15)19-8-3-13(18)17-6-4-16-5-7-17/h1-2,9,16H,3-8H2. The molecule has 0 aromatic heterocycles. The van der Waals surface area contributed by atoms with Crippen LogP contribution in [0, 0.1) is 11.6 Å². The number of carbonyl (C=O) groups is 1. The second-order valence-corrected chi connectivity index (χ2v) is 5.47. The third kappa shape index (κ3) is 4.18. The number of halogens is 2. The number of thioether (sulfide) groups is 1. The molecular formula is C13H16F2N2OS. The summed E-state index contributed by atoms with van der Waals surface area (Å²) in [6.45, 7) is 3.16. The lowest BCUT2D eigenvalue weighted by Gasteiger charge is -2.27. The highest BCUT2D eigenvalue weighted by atomic mass is 32.2. The molecule has 1 saturated heterocycles. The van der Waals surface area contributed by atoms with Gasteiger partial charge in [-0.05, 0) is 18.2 Å². The second-order valence-electron chi connectivity index (χ2n) is 4.31. The minimum Gasteiger partial charge on any atom is -0.340 e. The fourth-order valence-electron chi connectivity index (χ4n) is 1.90. The first-order valence-corrected chi connectivity index (χ1v) is 7.22. The molecule has 1 amide bonds. The summed E-state index contributed by atoms with van der Waals surface area (Å²) < 4.78 is 25.7. The monoisotopic (exact) mass is 286 g/mol. The highest BCUT2D eigenvalue weighted by molar-refractivity contribution is 7.99. The summed E-state index contributed by atoms with van der Waals surface area (Å²) in [6, 6.07) is 3.80. The quantitative estimate of drug-likeness (QED) is 0.858. The molecule has 0 radical (unpaired) electrons. The molecule has 0 spiro atoms. The third-order valence-corrected chi connectivity index (χ3v) is 3.94. The Kier molecular flexibility index (Phi) is 5.15. The molecule has 0 bridgehead atoms. The molecule has 1 fully saturated rings. The topological polar surface area (TPSA) is 32.3 Å². The predicted molar refractivity (Wildman–Crippen MR) is 71.1 cm³/mol. The first-order valence-electron chi connectivity index (χ1n) is 6.23. The van der Waals surface area contributed by atoms with Crippen LogP contribution in [0.5, 0.6) is 0 Å². The van der Waals surface area contributed by atoms with Crippen molar-refractivity contribution in [2.75, 3.05) is 31.9 Å². The van der Waals surface area contributed by atoms with Crippen LogP contribution in [0.15, 0.2) is 23.1 Å². The van der Waals surface area contributed by atoms with Gasteiger partial charge in [0.1, 0.15) is 0 Å². The second kappa shape index (κ2) is 6.86. The van der Waals surface area contributed by atoms with E-state index < -0.39 is 11.6 Å². The molecule has 0 unspecified atom stereocenters. The maximum absolute atomic E-state index is 13.0. The lowest BCUT2D eigenvalue weighted by atomic mass is 10.3. The fraction of sp³-hybridized carbons (Fsp3) is 0.462. The zero-order chi connectivity index (χ0) is 13.7. The van der Waals surface area contributed by atoms with Crippen molar-refractivity contribution in [1.82, 2.24) is 10.2 Å². The normalized spacial score (nSPS) is 15.6. The Morgan fingerprint density at radius 3 is 2.68 bits per heavy atom. The number of carbonyl (C=O) groups excluding carboxylic acids is 1. The molecule has 1 aromatic rings. The number of piperazine rings is 1. The molecule has 0 saturated carbocycles. The summed E-state index contributed by atoms with van der Waals surface area (Å²) in [5, 5.41) is 3.19. The van der Waals surface area contributed by atoms with Crippen LogP contribution in [0.2, 0.25) is 0 Å². The molecule has 1 aliphatic heterocycles. The first kappa shape index (κ1) is 14.3. The van der Waals surface area contributed by atoms with Gasteiger partial charge < -0.3 is 10.2 Å². The van der Waals surface area contributed by atoms with Crippen molar-refractivity contribution in [3.8, 4) is 0 Å². The van der Waals surface area contributed by atoms with Crippen LogP contribution in [0.4, 0.5) is 8.78 Å². The van der Waals surface area contributed by atoms with E-state index >= 15 is 0 Å². The minimum absolute atomic E-state index is 0.122. The van der Waals surface area contributed by atoms with Crippen molar-refractivity contribution >= 4 is 17.7 Å². The number of nitrogens with zero attached hydrogens (tertiary/aromatic N) is 1. The Balaban J connectivity index is 1.76. The first-order chi connectivity index (χ1) is 9.16. The van der Waals surface area contributed by atoms with Gasteiger partial charge in [0.25, 0.3) is 0 Å². The van der Waals surface area contributed by atoms with E-state index in [1.807, 2.05) is 4.90 Å². The summed E-state index contributed by atoms with van der Waals surface area (Å²) >= 11 is 1.37. The fourth-order valence-corrected chi connectivity index (χ4v) is 2.76. The maximum Gasteiger partial charge on any atom is 0.223 e. The van der Waals surface area contributed by atoms with E-state index in [0.717, 1.165) is 38.3 Å². The van der Waals surface area contributed by atoms with Gasteiger partial charge in [-0.15, -0.1) is 11.8 Å². The molecule has 104 valence electrons. The number of rotatable bonds is 4. The molecule has 6 heteroatoms. The Labute approximate surface area is 115 Å². The highest BCUT2D eigenvalue weighted by Gasteiger charge is 2.15. The lowest BCUT2D eigenvalue weighted by Crippen LogP contribution is -2.46. The van der Waals surface area contributed by atoms with Crippen molar-refractivity contribution in [2.45, 2.75) is 11.3 Å². The lowest BCUT2D eigenvalue weighted by molar-refractivity contribution is -0.131. The molecule has 1 N–H and O–H groups in total. The maximum atomic E-state index is 13.0. The van der Waals surface area contributed by atoms with E-state index in [1.54, 1.807) is 0 Å². The largest absolute Gasteiger partial charge is 0.340 e. The molecule has 1 aromatic carbocycles. The highest BCUT2D eigenvalue weighted by Crippen LogP contribution is 2.21. The smallest absolute Gasteiger partial charge is 0.223 e. The zero-order valence-electron chi connectivity index (χ0n) is 10.5. The molecule has 3 nitrogen and oxygen atoms in total. The molecule has 19 heavy (non-hydrogen) atoms. The molecule has 0 aliphatic carbocycles. The van der Waals surface area contributed by atoms with E-state index in [0.29, 0.717) is 17.1 Å². The van der Waals surface area contributed by atoms with Crippen LogP contribution >= 0.6 is 11.8 Å². The minimum atomic E-state index is -0.849. The van der Waals surface area contributed by atoms with Gasteiger partial charge in [0.15, 0.2) is 11.6 Å².